The predicted octanol–water partition coefficient (Wildman–Crippen LogP) is 2.83. The summed E-state index contributed by atoms with van der Waals surface area (Å²) < 4.78 is 24.1. The molecule has 0 unspecified atom stereocenters. The molecule has 0 fully saturated rings. The second kappa shape index (κ2) is 2.88. The van der Waals surface area contributed by atoms with E-state index in [1.807, 2.05) is 22.6 Å². The van der Waals surface area contributed by atoms with Crippen LogP contribution in [0.4, 0.5) is 0 Å². The standard InChI is InChI=1S/C8H6ClIN2/c1-12-6-4-11-7(9)2-5(6)3-8(12)10/h2-4H,1H3/i1D3. The molecule has 0 radical (unpaired) electrons. The Kier molecular flexibility index (Phi) is 1.31. The van der Waals surface area contributed by atoms with Crippen molar-refractivity contribution in [1.29, 1.82) is 0 Å². The monoisotopic (exact) mass is 295 g/mol. The lowest BCUT2D eigenvalue weighted by atomic mass is 10.3. The molecule has 12 heavy (non-hydrogen) atoms. The van der Waals surface area contributed by atoms with Gasteiger partial charge in [-0.3, -0.25) is 0 Å². The summed E-state index contributed by atoms with van der Waals surface area (Å²) in [5.74, 6) is 0. The molecule has 0 bridgehead atoms. The first kappa shape index (κ1) is 5.44. The van der Waals surface area contributed by atoms with E-state index in [-0.39, 0.29) is 0 Å². The molecular weight excluding hydrogens is 286 g/mol. The highest BCUT2D eigenvalue weighted by Crippen LogP contribution is 2.21. The summed E-state index contributed by atoms with van der Waals surface area (Å²) in [5.41, 5.74) is 0.573. The van der Waals surface area contributed by atoms with Gasteiger partial charge in [-0.15, -0.1) is 0 Å². The highest BCUT2D eigenvalue weighted by atomic mass is 127. The van der Waals surface area contributed by atoms with Gasteiger partial charge in [-0.1, -0.05) is 11.6 Å². The molecule has 2 aromatic rings. The van der Waals surface area contributed by atoms with Crippen LogP contribution < -0.4 is 0 Å². The number of rotatable bonds is 0. The van der Waals surface area contributed by atoms with E-state index in [4.69, 9.17) is 15.7 Å². The Morgan fingerprint density at radius 3 is 3.25 bits per heavy atom. The van der Waals surface area contributed by atoms with E-state index in [9.17, 15) is 0 Å². The largest absolute Gasteiger partial charge is 0.338 e. The number of fused-ring (bicyclic) bond motifs is 1. The Balaban J connectivity index is 2.80. The van der Waals surface area contributed by atoms with Crippen molar-refractivity contribution < 1.29 is 4.11 Å². The molecule has 0 saturated carbocycles. The summed E-state index contributed by atoms with van der Waals surface area (Å²) in [5, 5.41) is 1.15. The first-order valence-electron chi connectivity index (χ1n) is 4.72. The van der Waals surface area contributed by atoms with Crippen LogP contribution in [-0.4, -0.2) is 9.55 Å². The van der Waals surface area contributed by atoms with Crippen molar-refractivity contribution in [3.05, 3.63) is 27.2 Å². The van der Waals surface area contributed by atoms with Gasteiger partial charge in [0.1, 0.15) is 5.15 Å². The zero-order valence-electron chi connectivity index (χ0n) is 8.88. The zero-order valence-corrected chi connectivity index (χ0v) is 8.80. The predicted molar refractivity (Wildman–Crippen MR) is 58.4 cm³/mol. The minimum Gasteiger partial charge on any atom is -0.338 e. The molecule has 0 aliphatic heterocycles. The molecule has 0 aliphatic rings. The summed E-state index contributed by atoms with van der Waals surface area (Å²) >= 11 is 7.71. The third-order valence-corrected chi connectivity index (χ3v) is 2.61. The van der Waals surface area contributed by atoms with Gasteiger partial charge in [-0.2, -0.15) is 0 Å². The van der Waals surface area contributed by atoms with Crippen molar-refractivity contribution in [3.63, 3.8) is 0 Å². The molecule has 2 aromatic heterocycles. The highest BCUT2D eigenvalue weighted by molar-refractivity contribution is 14.1. The number of halogens is 2. The van der Waals surface area contributed by atoms with Crippen molar-refractivity contribution in [2.45, 2.75) is 0 Å². The third-order valence-electron chi connectivity index (χ3n) is 1.61. The van der Waals surface area contributed by atoms with E-state index in [1.165, 1.54) is 10.8 Å². The minimum absolute atomic E-state index is 0.363. The fourth-order valence-corrected chi connectivity index (χ4v) is 1.81. The lowest BCUT2D eigenvalue weighted by Gasteiger charge is -1.96. The SMILES string of the molecule is [2H]C([2H])([2H])n1c(I)cc2cc(Cl)ncc21. The summed E-state index contributed by atoms with van der Waals surface area (Å²) in [6, 6.07) is 3.43. The van der Waals surface area contributed by atoms with Crippen molar-refractivity contribution in [3.8, 4) is 0 Å². The zero-order chi connectivity index (χ0) is 11.2. The van der Waals surface area contributed by atoms with Crippen LogP contribution in [0.5, 0.6) is 0 Å². The molecule has 0 spiro atoms. The molecule has 0 N–H and O–H groups in total. The van der Waals surface area contributed by atoms with Crippen LogP contribution >= 0.6 is 34.2 Å². The Morgan fingerprint density at radius 2 is 2.50 bits per heavy atom. The van der Waals surface area contributed by atoms with Gasteiger partial charge < -0.3 is 4.57 Å². The molecule has 0 amide bonds. The minimum atomic E-state index is -2.19. The Hall–Kier alpha value is -0.290. The first-order chi connectivity index (χ1) is 6.89. The van der Waals surface area contributed by atoms with Crippen LogP contribution in [0, 0.1) is 3.70 Å². The van der Waals surface area contributed by atoms with Crippen molar-refractivity contribution in [1.82, 2.24) is 9.55 Å². The molecular formula is C8H6ClIN2. The van der Waals surface area contributed by atoms with Gasteiger partial charge in [0.15, 0.2) is 0 Å². The van der Waals surface area contributed by atoms with Gasteiger partial charge >= 0.3 is 0 Å². The van der Waals surface area contributed by atoms with Gasteiger partial charge in [-0.25, -0.2) is 4.98 Å². The normalized spacial score (nSPS) is 15.7. The number of aryl methyl sites for hydroxylation is 1. The average molecular weight is 296 g/mol. The van der Waals surface area contributed by atoms with E-state index in [2.05, 4.69) is 4.98 Å². The number of hydrogen-bond acceptors (Lipinski definition) is 1. The van der Waals surface area contributed by atoms with E-state index >= 15 is 0 Å². The second-order valence-corrected chi connectivity index (χ2v) is 3.86. The van der Waals surface area contributed by atoms with Gasteiger partial charge in [0.2, 0.25) is 0 Å². The van der Waals surface area contributed by atoms with Gasteiger partial charge in [0.05, 0.1) is 15.4 Å². The van der Waals surface area contributed by atoms with Gasteiger partial charge in [0.25, 0.3) is 0 Å². The van der Waals surface area contributed by atoms with Crippen molar-refractivity contribution >= 4 is 45.1 Å². The molecule has 0 aromatic carbocycles. The van der Waals surface area contributed by atoms with Gasteiger partial charge in [0, 0.05) is 16.5 Å². The first-order valence-corrected chi connectivity index (χ1v) is 4.68. The highest BCUT2D eigenvalue weighted by Gasteiger charge is 2.03. The molecule has 0 atom stereocenters. The molecule has 2 nitrogen and oxygen atoms in total. The van der Waals surface area contributed by atoms with Crippen molar-refractivity contribution in [2.75, 3.05) is 0 Å². The molecule has 62 valence electrons. The fraction of sp³-hybridized carbons (Fsp3) is 0.125. The van der Waals surface area contributed by atoms with Crippen LogP contribution in [0.15, 0.2) is 18.3 Å². The molecule has 2 heterocycles. The smallest absolute Gasteiger partial charge is 0.129 e. The maximum absolute atomic E-state index is 7.40. The maximum atomic E-state index is 7.40. The summed E-state index contributed by atoms with van der Waals surface area (Å²) in [6.45, 7) is -2.19. The van der Waals surface area contributed by atoms with Gasteiger partial charge in [-0.05, 0) is 34.7 Å². The molecule has 0 aliphatic carbocycles. The van der Waals surface area contributed by atoms with Crippen molar-refractivity contribution in [2.24, 2.45) is 6.98 Å². The number of aromatic nitrogens is 2. The van der Waals surface area contributed by atoms with E-state index in [1.54, 1.807) is 12.1 Å². The number of hydrogen-bond donors (Lipinski definition) is 0. The topological polar surface area (TPSA) is 17.8 Å². The van der Waals surface area contributed by atoms with Crippen LogP contribution in [0.2, 0.25) is 5.15 Å². The number of nitrogens with zero attached hydrogens (tertiary/aromatic N) is 2. The Morgan fingerprint density at radius 1 is 1.67 bits per heavy atom. The fourth-order valence-electron chi connectivity index (χ4n) is 1.05. The van der Waals surface area contributed by atoms with Crippen LogP contribution in [-0.2, 0) is 6.98 Å². The van der Waals surface area contributed by atoms with E-state index < -0.39 is 6.98 Å². The quantitative estimate of drug-likeness (QED) is 0.540. The number of pyridine rings is 1. The lowest BCUT2D eigenvalue weighted by molar-refractivity contribution is 0.935. The van der Waals surface area contributed by atoms with E-state index in [0.717, 1.165) is 5.39 Å². The lowest BCUT2D eigenvalue weighted by Crippen LogP contribution is -1.89. The summed E-state index contributed by atoms with van der Waals surface area (Å²) in [7, 11) is 0. The molecule has 2 rings (SSSR count). The van der Waals surface area contributed by atoms with Crippen LogP contribution in [0.3, 0.4) is 0 Å². The Labute approximate surface area is 92.9 Å². The third kappa shape index (κ3) is 1.21. The maximum Gasteiger partial charge on any atom is 0.129 e. The Bertz CT molecular complexity index is 520. The molecule has 4 heteroatoms. The molecule has 0 saturated heterocycles. The summed E-state index contributed by atoms with van der Waals surface area (Å²) in [6.07, 6.45) is 1.48. The van der Waals surface area contributed by atoms with Crippen LogP contribution in [0.25, 0.3) is 10.9 Å². The van der Waals surface area contributed by atoms with Crippen LogP contribution in [0.1, 0.15) is 4.11 Å². The second-order valence-electron chi connectivity index (χ2n) is 2.37. The summed E-state index contributed by atoms with van der Waals surface area (Å²) in [4.78, 5) is 3.89. The van der Waals surface area contributed by atoms with E-state index in [0.29, 0.717) is 14.4 Å². The average Bonchev–Trinajstić information content (AvgIpc) is 2.38.